The fraction of sp³-hybridized carbons (Fsp3) is 0.389. The number of piperidine rings is 1. The fourth-order valence-electron chi connectivity index (χ4n) is 2.95. The van der Waals surface area contributed by atoms with Crippen LogP contribution in [0.25, 0.3) is 0 Å². The molecule has 1 aromatic carbocycles. The molecule has 1 saturated heterocycles. The van der Waals surface area contributed by atoms with Crippen molar-refractivity contribution < 1.29 is 17.6 Å². The van der Waals surface area contributed by atoms with Gasteiger partial charge in [-0.2, -0.15) is 0 Å². The molecule has 2 N–H and O–H groups in total. The molecule has 0 radical (unpaired) electrons. The molecule has 1 fully saturated rings. The number of furan rings is 1. The molecule has 0 spiro atoms. The topological polar surface area (TPSA) is 91.7 Å². The molecular weight excluding hydrogens is 354 g/mol. The van der Waals surface area contributed by atoms with E-state index in [0.717, 1.165) is 0 Å². The Kier molecular flexibility index (Phi) is 6.08. The normalized spacial score (nSPS) is 16.5. The van der Waals surface area contributed by atoms with Crippen LogP contribution >= 0.6 is 0 Å². The van der Waals surface area contributed by atoms with E-state index in [1.54, 1.807) is 42.7 Å². The van der Waals surface area contributed by atoms with Crippen LogP contribution in [0.3, 0.4) is 0 Å². The zero-order chi connectivity index (χ0) is 18.4. The van der Waals surface area contributed by atoms with Gasteiger partial charge in [0.2, 0.25) is 15.9 Å². The third kappa shape index (κ3) is 5.17. The lowest BCUT2D eigenvalue weighted by atomic mass is 10.1. The molecule has 8 heteroatoms. The predicted octanol–water partition coefficient (Wildman–Crippen LogP) is 1.34. The maximum Gasteiger partial charge on any atom is 0.240 e. The van der Waals surface area contributed by atoms with Crippen molar-refractivity contribution in [1.82, 2.24) is 14.9 Å². The van der Waals surface area contributed by atoms with Gasteiger partial charge in [0.25, 0.3) is 0 Å². The van der Waals surface area contributed by atoms with Gasteiger partial charge in [-0.1, -0.05) is 18.2 Å². The number of likely N-dealkylation sites (tertiary alicyclic amines) is 1. The number of carbonyl (C=O) groups is 1. The second-order valence-electron chi connectivity index (χ2n) is 6.34. The van der Waals surface area contributed by atoms with E-state index in [0.29, 0.717) is 44.8 Å². The molecule has 1 amide bonds. The fourth-order valence-corrected chi connectivity index (χ4v) is 4.28. The minimum atomic E-state index is -3.49. The van der Waals surface area contributed by atoms with Crippen LogP contribution in [0.15, 0.2) is 58.0 Å². The summed E-state index contributed by atoms with van der Waals surface area (Å²) in [7, 11) is -3.49. The average molecular weight is 377 g/mol. The van der Waals surface area contributed by atoms with Crippen LogP contribution in [-0.2, 0) is 21.4 Å². The molecule has 0 atom stereocenters. The number of hydrogen-bond acceptors (Lipinski definition) is 5. The summed E-state index contributed by atoms with van der Waals surface area (Å²) in [6.07, 6.45) is 2.93. The van der Waals surface area contributed by atoms with Crippen LogP contribution in [0, 0.1) is 0 Å². The van der Waals surface area contributed by atoms with Gasteiger partial charge in [-0.15, -0.1) is 0 Å². The number of sulfonamides is 1. The number of nitrogens with one attached hydrogen (secondary N) is 2. The van der Waals surface area contributed by atoms with E-state index in [2.05, 4.69) is 10.0 Å². The SMILES string of the molecule is O=C(CN1CCC(NS(=O)(=O)c2ccccc2)CC1)NCc1ccco1. The number of carbonyl (C=O) groups excluding carboxylic acids is 1. The summed E-state index contributed by atoms with van der Waals surface area (Å²) < 4.78 is 32.7. The largest absolute Gasteiger partial charge is 0.467 e. The summed E-state index contributed by atoms with van der Waals surface area (Å²) in [5, 5.41) is 2.82. The Morgan fingerprint density at radius 3 is 2.50 bits per heavy atom. The quantitative estimate of drug-likeness (QED) is 0.760. The zero-order valence-corrected chi connectivity index (χ0v) is 15.2. The van der Waals surface area contributed by atoms with Gasteiger partial charge >= 0.3 is 0 Å². The van der Waals surface area contributed by atoms with Gasteiger partial charge in [0, 0.05) is 19.1 Å². The highest BCUT2D eigenvalue weighted by Crippen LogP contribution is 2.14. The number of amides is 1. The molecule has 2 heterocycles. The van der Waals surface area contributed by atoms with Gasteiger partial charge in [-0.25, -0.2) is 13.1 Å². The van der Waals surface area contributed by atoms with Gasteiger partial charge in [-0.05, 0) is 37.1 Å². The first kappa shape index (κ1) is 18.6. The van der Waals surface area contributed by atoms with Gasteiger partial charge in [0.05, 0.1) is 24.2 Å². The van der Waals surface area contributed by atoms with E-state index in [-0.39, 0.29) is 16.8 Å². The summed E-state index contributed by atoms with van der Waals surface area (Å²) in [6.45, 7) is 2.03. The van der Waals surface area contributed by atoms with Crippen LogP contribution in [-0.4, -0.2) is 44.9 Å². The van der Waals surface area contributed by atoms with Crippen molar-refractivity contribution in [3.63, 3.8) is 0 Å². The minimum Gasteiger partial charge on any atom is -0.467 e. The maximum atomic E-state index is 12.4. The first-order valence-electron chi connectivity index (χ1n) is 8.62. The molecular formula is C18H23N3O4S. The molecule has 0 aliphatic carbocycles. The van der Waals surface area contributed by atoms with Crippen LogP contribution in [0.5, 0.6) is 0 Å². The van der Waals surface area contributed by atoms with Gasteiger partial charge < -0.3 is 9.73 Å². The molecule has 1 aliphatic rings. The van der Waals surface area contributed by atoms with E-state index in [9.17, 15) is 13.2 Å². The molecule has 7 nitrogen and oxygen atoms in total. The first-order chi connectivity index (χ1) is 12.5. The Bertz CT molecular complexity index is 798. The number of rotatable bonds is 7. The molecule has 1 aromatic heterocycles. The third-order valence-corrected chi connectivity index (χ3v) is 5.91. The second kappa shape index (κ2) is 8.48. The van der Waals surface area contributed by atoms with E-state index in [4.69, 9.17) is 4.42 Å². The highest BCUT2D eigenvalue weighted by Gasteiger charge is 2.25. The maximum absolute atomic E-state index is 12.4. The summed E-state index contributed by atoms with van der Waals surface area (Å²) in [5.74, 6) is 0.650. The van der Waals surface area contributed by atoms with E-state index >= 15 is 0 Å². The standard InChI is InChI=1S/C18H23N3O4S/c22-18(19-13-16-5-4-12-25-16)14-21-10-8-15(9-11-21)20-26(23,24)17-6-2-1-3-7-17/h1-7,12,15,20H,8-11,13-14H2,(H,19,22). The van der Waals surface area contributed by atoms with Crippen molar-refractivity contribution in [2.75, 3.05) is 19.6 Å². The molecule has 0 saturated carbocycles. The molecule has 140 valence electrons. The average Bonchev–Trinajstić information content (AvgIpc) is 3.16. The second-order valence-corrected chi connectivity index (χ2v) is 8.05. The smallest absolute Gasteiger partial charge is 0.240 e. The monoisotopic (exact) mass is 377 g/mol. The summed E-state index contributed by atoms with van der Waals surface area (Å²) >= 11 is 0. The van der Waals surface area contributed by atoms with Crippen molar-refractivity contribution in [3.8, 4) is 0 Å². The van der Waals surface area contributed by atoms with Crippen molar-refractivity contribution in [2.45, 2.75) is 30.3 Å². The Labute approximate surface area is 153 Å². The van der Waals surface area contributed by atoms with E-state index in [1.807, 2.05) is 11.0 Å². The summed E-state index contributed by atoms with van der Waals surface area (Å²) in [5.41, 5.74) is 0. The molecule has 2 aromatic rings. The number of benzene rings is 1. The number of nitrogens with zero attached hydrogens (tertiary/aromatic N) is 1. The molecule has 0 unspecified atom stereocenters. The van der Waals surface area contributed by atoms with Crippen molar-refractivity contribution in [3.05, 3.63) is 54.5 Å². The Morgan fingerprint density at radius 1 is 1.12 bits per heavy atom. The zero-order valence-electron chi connectivity index (χ0n) is 14.4. The van der Waals surface area contributed by atoms with Crippen LogP contribution in [0.1, 0.15) is 18.6 Å². The lowest BCUT2D eigenvalue weighted by Gasteiger charge is -2.31. The van der Waals surface area contributed by atoms with Crippen molar-refractivity contribution in [2.24, 2.45) is 0 Å². The molecule has 26 heavy (non-hydrogen) atoms. The van der Waals surface area contributed by atoms with Gasteiger partial charge in [0.1, 0.15) is 5.76 Å². The Morgan fingerprint density at radius 2 is 1.85 bits per heavy atom. The third-order valence-electron chi connectivity index (χ3n) is 4.37. The van der Waals surface area contributed by atoms with Crippen LogP contribution in [0.4, 0.5) is 0 Å². The lowest BCUT2D eigenvalue weighted by Crippen LogP contribution is -2.47. The lowest BCUT2D eigenvalue weighted by molar-refractivity contribution is -0.122. The molecule has 3 rings (SSSR count). The van der Waals surface area contributed by atoms with Crippen LogP contribution < -0.4 is 10.0 Å². The predicted molar refractivity (Wildman–Crippen MR) is 96.8 cm³/mol. The minimum absolute atomic E-state index is 0.0651. The summed E-state index contributed by atoms with van der Waals surface area (Å²) in [4.78, 5) is 14.3. The Balaban J connectivity index is 1.42. The van der Waals surface area contributed by atoms with Crippen LogP contribution in [0.2, 0.25) is 0 Å². The van der Waals surface area contributed by atoms with Gasteiger partial charge in [0.15, 0.2) is 0 Å². The first-order valence-corrected chi connectivity index (χ1v) is 10.1. The van der Waals surface area contributed by atoms with E-state index < -0.39 is 10.0 Å². The van der Waals surface area contributed by atoms with E-state index in [1.165, 1.54) is 0 Å². The highest BCUT2D eigenvalue weighted by atomic mass is 32.2. The highest BCUT2D eigenvalue weighted by molar-refractivity contribution is 7.89. The summed E-state index contributed by atoms with van der Waals surface area (Å²) in [6, 6.07) is 11.9. The molecule has 1 aliphatic heterocycles. The van der Waals surface area contributed by atoms with Gasteiger partial charge in [-0.3, -0.25) is 9.69 Å². The Hall–Kier alpha value is -2.16. The van der Waals surface area contributed by atoms with Crippen molar-refractivity contribution >= 4 is 15.9 Å². The molecule has 0 bridgehead atoms. The number of hydrogen-bond donors (Lipinski definition) is 2. The van der Waals surface area contributed by atoms with Crippen molar-refractivity contribution in [1.29, 1.82) is 0 Å².